The molecular weight excluding hydrogens is 268 g/mol. The zero-order valence-corrected chi connectivity index (χ0v) is 13.7. The van der Waals surface area contributed by atoms with E-state index in [2.05, 4.69) is 24.5 Å². The minimum absolute atomic E-state index is 0.180. The first-order valence-electron chi connectivity index (χ1n) is 8.17. The lowest BCUT2D eigenvalue weighted by Gasteiger charge is -2.28. The minimum atomic E-state index is -0.857. The average molecular weight is 298 g/mol. The smallest absolute Gasteiger partial charge is 0.315 e. The van der Waals surface area contributed by atoms with Crippen LogP contribution < -0.4 is 10.6 Å². The van der Waals surface area contributed by atoms with Crippen molar-refractivity contribution in [1.29, 1.82) is 0 Å². The Morgan fingerprint density at radius 3 is 2.24 bits per heavy atom. The lowest BCUT2D eigenvalue weighted by atomic mass is 9.82. The van der Waals surface area contributed by atoms with Crippen molar-refractivity contribution in [2.24, 2.45) is 17.3 Å². The Labute approximate surface area is 127 Å². The predicted octanol–water partition coefficient (Wildman–Crippen LogP) is 3.00. The number of rotatable bonds is 7. The van der Waals surface area contributed by atoms with E-state index in [-0.39, 0.29) is 18.6 Å². The summed E-state index contributed by atoms with van der Waals surface area (Å²) in [4.78, 5) is 23.4. The Kier molecular flexibility index (Phi) is 6.49. The van der Waals surface area contributed by atoms with E-state index >= 15 is 0 Å². The summed E-state index contributed by atoms with van der Waals surface area (Å²) in [5.41, 5.74) is -0.857. The standard InChI is InChI=1S/C16H30N2O3/c1-5-12-8-9-13(11(12)4)18-15(21)17-10-16(6-2,7-3)14(19)20/h11-13H,5-10H2,1-4H3,(H,19,20)(H2,17,18,21). The second-order valence-corrected chi connectivity index (χ2v) is 6.33. The van der Waals surface area contributed by atoms with Crippen LogP contribution in [0, 0.1) is 17.3 Å². The van der Waals surface area contributed by atoms with Gasteiger partial charge < -0.3 is 15.7 Å². The van der Waals surface area contributed by atoms with E-state index in [1.165, 1.54) is 0 Å². The summed E-state index contributed by atoms with van der Waals surface area (Å²) in [5, 5.41) is 15.1. The first kappa shape index (κ1) is 17.8. The molecule has 1 saturated carbocycles. The Balaban J connectivity index is 2.49. The molecule has 0 spiro atoms. The van der Waals surface area contributed by atoms with Gasteiger partial charge in [0.25, 0.3) is 0 Å². The highest BCUT2D eigenvalue weighted by Gasteiger charge is 2.36. The molecule has 0 heterocycles. The Hall–Kier alpha value is -1.26. The molecule has 0 saturated heterocycles. The van der Waals surface area contributed by atoms with Crippen LogP contribution in [0.4, 0.5) is 4.79 Å². The molecule has 0 aromatic carbocycles. The molecule has 5 heteroatoms. The van der Waals surface area contributed by atoms with Gasteiger partial charge >= 0.3 is 12.0 Å². The monoisotopic (exact) mass is 298 g/mol. The Morgan fingerprint density at radius 2 is 1.81 bits per heavy atom. The van der Waals surface area contributed by atoms with Crippen molar-refractivity contribution in [3.05, 3.63) is 0 Å². The number of amides is 2. The van der Waals surface area contributed by atoms with Gasteiger partial charge in [-0.15, -0.1) is 0 Å². The molecule has 0 aromatic heterocycles. The van der Waals surface area contributed by atoms with Gasteiger partial charge in [-0.1, -0.05) is 34.1 Å². The van der Waals surface area contributed by atoms with Gasteiger partial charge in [0, 0.05) is 12.6 Å². The third-order valence-electron chi connectivity index (χ3n) is 5.46. The molecule has 2 amide bonds. The van der Waals surface area contributed by atoms with Crippen molar-refractivity contribution in [3.63, 3.8) is 0 Å². The molecule has 0 aromatic rings. The second kappa shape index (κ2) is 7.66. The highest BCUT2D eigenvalue weighted by Crippen LogP contribution is 2.33. The highest BCUT2D eigenvalue weighted by molar-refractivity contribution is 5.78. The van der Waals surface area contributed by atoms with Crippen molar-refractivity contribution in [2.75, 3.05) is 6.54 Å². The van der Waals surface area contributed by atoms with Crippen LogP contribution in [-0.4, -0.2) is 29.7 Å². The number of hydrogen-bond donors (Lipinski definition) is 3. The maximum absolute atomic E-state index is 12.0. The molecule has 122 valence electrons. The van der Waals surface area contributed by atoms with E-state index in [9.17, 15) is 14.7 Å². The van der Waals surface area contributed by atoms with Gasteiger partial charge in [-0.25, -0.2) is 4.79 Å². The molecule has 3 atom stereocenters. The fourth-order valence-electron chi connectivity index (χ4n) is 3.37. The SMILES string of the molecule is CCC1CCC(NC(=O)NCC(CC)(CC)C(=O)O)C1C. The summed E-state index contributed by atoms with van der Waals surface area (Å²) in [7, 11) is 0. The molecule has 0 aliphatic heterocycles. The molecule has 3 N–H and O–H groups in total. The lowest BCUT2D eigenvalue weighted by molar-refractivity contribution is -0.149. The quantitative estimate of drug-likeness (QED) is 0.676. The fourth-order valence-corrected chi connectivity index (χ4v) is 3.37. The van der Waals surface area contributed by atoms with Crippen molar-refractivity contribution in [3.8, 4) is 0 Å². The van der Waals surface area contributed by atoms with E-state index in [4.69, 9.17) is 0 Å². The molecule has 1 aliphatic carbocycles. The molecule has 0 bridgehead atoms. The van der Waals surface area contributed by atoms with Gasteiger partial charge in [0.15, 0.2) is 0 Å². The Bertz CT molecular complexity index is 367. The lowest BCUT2D eigenvalue weighted by Crippen LogP contribution is -2.49. The number of nitrogens with one attached hydrogen (secondary N) is 2. The van der Waals surface area contributed by atoms with Crippen molar-refractivity contribution in [1.82, 2.24) is 10.6 Å². The van der Waals surface area contributed by atoms with Crippen LogP contribution in [0.3, 0.4) is 0 Å². The summed E-state index contributed by atoms with van der Waals surface area (Å²) in [5.74, 6) is 0.329. The molecule has 1 fully saturated rings. The number of aliphatic carboxylic acids is 1. The molecule has 5 nitrogen and oxygen atoms in total. The van der Waals surface area contributed by atoms with Crippen LogP contribution in [0.2, 0.25) is 0 Å². The summed E-state index contributed by atoms with van der Waals surface area (Å²) >= 11 is 0. The first-order valence-corrected chi connectivity index (χ1v) is 8.17. The molecule has 21 heavy (non-hydrogen) atoms. The zero-order valence-electron chi connectivity index (χ0n) is 13.7. The van der Waals surface area contributed by atoms with E-state index in [1.807, 2.05) is 13.8 Å². The minimum Gasteiger partial charge on any atom is -0.481 e. The maximum Gasteiger partial charge on any atom is 0.315 e. The average Bonchev–Trinajstić information content (AvgIpc) is 2.81. The fraction of sp³-hybridized carbons (Fsp3) is 0.875. The maximum atomic E-state index is 12.0. The predicted molar refractivity (Wildman–Crippen MR) is 83.2 cm³/mol. The molecule has 0 radical (unpaired) electrons. The molecule has 3 unspecified atom stereocenters. The number of urea groups is 1. The van der Waals surface area contributed by atoms with Crippen LogP contribution in [0.1, 0.15) is 59.8 Å². The first-order chi connectivity index (χ1) is 9.90. The summed E-state index contributed by atoms with van der Waals surface area (Å²) in [6.07, 6.45) is 4.34. The number of hydrogen-bond acceptors (Lipinski definition) is 2. The van der Waals surface area contributed by atoms with Crippen molar-refractivity contribution >= 4 is 12.0 Å². The zero-order chi connectivity index (χ0) is 16.0. The number of carboxylic acid groups (broad SMARTS) is 1. The van der Waals surface area contributed by atoms with Crippen LogP contribution in [-0.2, 0) is 4.79 Å². The molecule has 1 aliphatic rings. The van der Waals surface area contributed by atoms with Gasteiger partial charge in [0.2, 0.25) is 0 Å². The Morgan fingerprint density at radius 1 is 1.19 bits per heavy atom. The topological polar surface area (TPSA) is 78.4 Å². The normalized spacial score (nSPS) is 25.6. The highest BCUT2D eigenvalue weighted by atomic mass is 16.4. The third kappa shape index (κ3) is 4.11. The second-order valence-electron chi connectivity index (χ2n) is 6.33. The molecular formula is C16H30N2O3. The summed E-state index contributed by atoms with van der Waals surface area (Å²) in [6, 6.07) is -0.0337. The summed E-state index contributed by atoms with van der Waals surface area (Å²) in [6.45, 7) is 8.25. The van der Waals surface area contributed by atoms with Gasteiger partial charge in [-0.2, -0.15) is 0 Å². The van der Waals surface area contributed by atoms with Crippen LogP contribution >= 0.6 is 0 Å². The van der Waals surface area contributed by atoms with Crippen LogP contribution in [0.25, 0.3) is 0 Å². The number of carboxylic acids is 1. The van der Waals surface area contributed by atoms with Crippen molar-refractivity contribution < 1.29 is 14.7 Å². The van der Waals surface area contributed by atoms with E-state index in [0.29, 0.717) is 24.7 Å². The largest absolute Gasteiger partial charge is 0.481 e. The van der Waals surface area contributed by atoms with Gasteiger partial charge in [-0.05, 0) is 37.5 Å². The van der Waals surface area contributed by atoms with Gasteiger partial charge in [-0.3, -0.25) is 4.79 Å². The van der Waals surface area contributed by atoms with Crippen molar-refractivity contribution in [2.45, 2.75) is 65.8 Å². The third-order valence-corrected chi connectivity index (χ3v) is 5.46. The number of carbonyl (C=O) groups excluding carboxylic acids is 1. The van der Waals surface area contributed by atoms with Crippen LogP contribution in [0.5, 0.6) is 0 Å². The van der Waals surface area contributed by atoms with Gasteiger partial charge in [0.05, 0.1) is 5.41 Å². The van der Waals surface area contributed by atoms with Gasteiger partial charge in [0.1, 0.15) is 0 Å². The van der Waals surface area contributed by atoms with E-state index < -0.39 is 11.4 Å². The summed E-state index contributed by atoms with van der Waals surface area (Å²) < 4.78 is 0. The number of carbonyl (C=O) groups is 2. The van der Waals surface area contributed by atoms with E-state index in [1.54, 1.807) is 0 Å². The molecule has 1 rings (SSSR count). The van der Waals surface area contributed by atoms with E-state index in [0.717, 1.165) is 19.3 Å². The van der Waals surface area contributed by atoms with Crippen LogP contribution in [0.15, 0.2) is 0 Å².